The van der Waals surface area contributed by atoms with Crippen LogP contribution in [0.4, 0.5) is 0 Å². The van der Waals surface area contributed by atoms with Gasteiger partial charge in [-0.3, -0.25) is 24.0 Å². The average Bonchev–Trinajstić information content (AvgIpc) is 3.25. The molecule has 0 bridgehead atoms. The first-order valence-corrected chi connectivity index (χ1v) is 11.0. The number of unbranched alkanes of at least 4 members (excludes halogenated alkanes) is 1. The van der Waals surface area contributed by atoms with Crippen LogP contribution >= 0.6 is 0 Å². The normalized spacial score (nSPS) is 17.9. The third-order valence-electron chi connectivity index (χ3n) is 5.27. The van der Waals surface area contributed by atoms with Crippen LogP contribution in [0, 0.1) is 0 Å². The van der Waals surface area contributed by atoms with E-state index in [-0.39, 0.29) is 19.4 Å². The van der Waals surface area contributed by atoms with E-state index < -0.39 is 72.8 Å². The number of rotatable bonds is 14. The van der Waals surface area contributed by atoms with Gasteiger partial charge >= 0.3 is 11.9 Å². The molecule has 0 spiro atoms. The van der Waals surface area contributed by atoms with Crippen LogP contribution in [0.2, 0.25) is 0 Å². The predicted molar refractivity (Wildman–Crippen MR) is 116 cm³/mol. The molecule has 8 N–H and O–H groups in total. The van der Waals surface area contributed by atoms with Gasteiger partial charge in [-0.25, -0.2) is 4.79 Å². The molecule has 14 heteroatoms. The molecule has 1 aliphatic rings. The molecule has 1 aliphatic heterocycles. The molecule has 1 fully saturated rings. The van der Waals surface area contributed by atoms with Crippen molar-refractivity contribution >= 4 is 35.6 Å². The fourth-order valence-corrected chi connectivity index (χ4v) is 3.61. The first kappa shape index (κ1) is 28.8. The van der Waals surface area contributed by atoms with Gasteiger partial charge < -0.3 is 41.9 Å². The second-order valence-corrected chi connectivity index (χ2v) is 7.97. The Morgan fingerprint density at radius 3 is 2.12 bits per heavy atom. The topological polar surface area (TPSA) is 228 Å². The van der Waals surface area contributed by atoms with Crippen LogP contribution in [0.5, 0.6) is 0 Å². The number of hydrogen-bond donors (Lipinski definition) is 7. The fourth-order valence-electron chi connectivity index (χ4n) is 3.61. The lowest BCUT2D eigenvalue weighted by Gasteiger charge is -2.29. The Balaban J connectivity index is 3.03. The Bertz CT molecular complexity index is 776. The predicted octanol–water partition coefficient (Wildman–Crippen LogP) is -2.87. The summed E-state index contributed by atoms with van der Waals surface area (Å²) in [5.74, 6) is -5.80. The molecule has 4 amide bonds. The molecule has 0 saturated carbocycles. The highest BCUT2D eigenvalue weighted by Crippen LogP contribution is 2.20. The number of hydrogen-bond acceptors (Lipinski definition) is 8. The standard InChI is InChI=1S/C20H33N5O9/c1-11(27)22-14(10-26)18(31)24-13(9-16(28)29)17(30)23-12(5-2-3-7-21)19(32)25-8-4-6-15(25)20(33)34/h12-15,26H,2-10,21H2,1H3,(H,22,27)(H,23,30)(H,24,31)(H,28,29)(H,33,34)/t12-,13+,14-,15-/m0/s1. The molecule has 0 aliphatic carbocycles. The number of likely N-dealkylation sites (tertiary alicyclic amines) is 1. The quantitative estimate of drug-likeness (QED) is 0.124. The Morgan fingerprint density at radius 2 is 1.59 bits per heavy atom. The first-order chi connectivity index (χ1) is 16.0. The molecule has 0 aromatic rings. The Hall–Kier alpha value is -3.26. The maximum Gasteiger partial charge on any atom is 0.326 e. The minimum absolute atomic E-state index is 0.128. The van der Waals surface area contributed by atoms with Gasteiger partial charge in [0, 0.05) is 13.5 Å². The molecule has 192 valence electrons. The molecular formula is C20H33N5O9. The van der Waals surface area contributed by atoms with E-state index in [9.17, 15) is 39.0 Å². The number of carbonyl (C=O) groups excluding carboxylic acids is 4. The fraction of sp³-hybridized carbons (Fsp3) is 0.700. The summed E-state index contributed by atoms with van der Waals surface area (Å²) >= 11 is 0. The molecule has 4 atom stereocenters. The monoisotopic (exact) mass is 487 g/mol. The maximum absolute atomic E-state index is 13.1. The van der Waals surface area contributed by atoms with Crippen molar-refractivity contribution in [1.29, 1.82) is 0 Å². The second-order valence-electron chi connectivity index (χ2n) is 7.97. The number of carboxylic acids is 2. The minimum atomic E-state index is -1.62. The van der Waals surface area contributed by atoms with Crippen molar-refractivity contribution in [3.63, 3.8) is 0 Å². The molecule has 0 aromatic heterocycles. The van der Waals surface area contributed by atoms with E-state index >= 15 is 0 Å². The molecule has 0 aromatic carbocycles. The summed E-state index contributed by atoms with van der Waals surface area (Å²) in [4.78, 5) is 73.4. The number of amides is 4. The van der Waals surface area contributed by atoms with Gasteiger partial charge in [-0.1, -0.05) is 0 Å². The van der Waals surface area contributed by atoms with Crippen LogP contribution in [0.3, 0.4) is 0 Å². The van der Waals surface area contributed by atoms with Crippen molar-refractivity contribution < 1.29 is 44.1 Å². The van der Waals surface area contributed by atoms with E-state index in [1.807, 2.05) is 0 Å². The number of nitrogens with zero attached hydrogens (tertiary/aromatic N) is 1. The SMILES string of the molecule is CC(=O)N[C@@H](CO)C(=O)N[C@H](CC(=O)O)C(=O)N[C@@H](CCCCN)C(=O)N1CCC[C@H]1C(=O)O. The highest BCUT2D eigenvalue weighted by atomic mass is 16.4. The van der Waals surface area contributed by atoms with E-state index in [1.165, 1.54) is 4.90 Å². The summed E-state index contributed by atoms with van der Waals surface area (Å²) in [6.45, 7) is 0.846. The van der Waals surface area contributed by atoms with Crippen molar-refractivity contribution in [3.05, 3.63) is 0 Å². The molecule has 1 rings (SSSR count). The lowest BCUT2D eigenvalue weighted by Crippen LogP contribution is -2.58. The van der Waals surface area contributed by atoms with Crippen LogP contribution in [0.1, 0.15) is 45.4 Å². The molecule has 34 heavy (non-hydrogen) atoms. The molecule has 0 unspecified atom stereocenters. The Kier molecular flexibility index (Phi) is 11.9. The lowest BCUT2D eigenvalue weighted by molar-refractivity contribution is -0.149. The number of aliphatic carboxylic acids is 2. The highest BCUT2D eigenvalue weighted by molar-refractivity contribution is 5.96. The van der Waals surface area contributed by atoms with E-state index in [1.54, 1.807) is 0 Å². The average molecular weight is 488 g/mol. The van der Waals surface area contributed by atoms with Gasteiger partial charge in [-0.2, -0.15) is 0 Å². The van der Waals surface area contributed by atoms with Crippen LogP contribution in [0.15, 0.2) is 0 Å². The zero-order valence-electron chi connectivity index (χ0n) is 19.0. The largest absolute Gasteiger partial charge is 0.481 e. The van der Waals surface area contributed by atoms with E-state index in [2.05, 4.69) is 16.0 Å². The summed E-state index contributed by atoms with van der Waals surface area (Å²) in [6, 6.07) is -5.22. The number of nitrogens with one attached hydrogen (secondary N) is 3. The molecule has 14 nitrogen and oxygen atoms in total. The van der Waals surface area contributed by atoms with Gasteiger partial charge in [-0.05, 0) is 38.6 Å². The van der Waals surface area contributed by atoms with E-state index in [4.69, 9.17) is 10.8 Å². The molecule has 1 heterocycles. The number of aliphatic hydroxyl groups is 1. The minimum Gasteiger partial charge on any atom is -0.481 e. The van der Waals surface area contributed by atoms with Crippen molar-refractivity contribution in [2.75, 3.05) is 19.7 Å². The van der Waals surface area contributed by atoms with Gasteiger partial charge in [-0.15, -0.1) is 0 Å². The lowest BCUT2D eigenvalue weighted by atomic mass is 10.1. The smallest absolute Gasteiger partial charge is 0.326 e. The van der Waals surface area contributed by atoms with Gasteiger partial charge in [0.15, 0.2) is 0 Å². The van der Waals surface area contributed by atoms with Crippen LogP contribution in [0.25, 0.3) is 0 Å². The van der Waals surface area contributed by atoms with Gasteiger partial charge in [0.2, 0.25) is 23.6 Å². The summed E-state index contributed by atoms with van der Waals surface area (Å²) in [6.07, 6.45) is 1.02. The Labute approximate surface area is 196 Å². The summed E-state index contributed by atoms with van der Waals surface area (Å²) in [7, 11) is 0. The van der Waals surface area contributed by atoms with Crippen molar-refractivity contribution in [1.82, 2.24) is 20.9 Å². The van der Waals surface area contributed by atoms with Gasteiger partial charge in [0.1, 0.15) is 24.2 Å². The van der Waals surface area contributed by atoms with E-state index in [0.717, 1.165) is 6.92 Å². The summed E-state index contributed by atoms with van der Waals surface area (Å²) in [5.41, 5.74) is 5.49. The van der Waals surface area contributed by atoms with Gasteiger partial charge in [0.05, 0.1) is 13.0 Å². The number of carbonyl (C=O) groups is 6. The number of nitrogens with two attached hydrogens (primary N) is 1. The van der Waals surface area contributed by atoms with Gasteiger partial charge in [0.25, 0.3) is 0 Å². The van der Waals surface area contributed by atoms with Crippen LogP contribution in [-0.4, -0.2) is 99.7 Å². The summed E-state index contributed by atoms with van der Waals surface area (Å²) < 4.78 is 0. The Morgan fingerprint density at radius 1 is 0.971 bits per heavy atom. The number of aliphatic hydroxyl groups excluding tert-OH is 1. The third-order valence-corrected chi connectivity index (χ3v) is 5.27. The van der Waals surface area contributed by atoms with Crippen molar-refractivity contribution in [2.45, 2.75) is 69.6 Å². The van der Waals surface area contributed by atoms with Crippen LogP contribution in [-0.2, 0) is 28.8 Å². The van der Waals surface area contributed by atoms with E-state index in [0.29, 0.717) is 25.8 Å². The van der Waals surface area contributed by atoms with Crippen molar-refractivity contribution in [2.24, 2.45) is 5.73 Å². The zero-order valence-corrected chi connectivity index (χ0v) is 19.0. The highest BCUT2D eigenvalue weighted by Gasteiger charge is 2.38. The summed E-state index contributed by atoms with van der Waals surface area (Å²) in [5, 5.41) is 34.6. The van der Waals surface area contributed by atoms with Crippen LogP contribution < -0.4 is 21.7 Å². The molecule has 1 saturated heterocycles. The third kappa shape index (κ3) is 8.94. The zero-order chi connectivity index (χ0) is 25.8. The maximum atomic E-state index is 13.1. The first-order valence-electron chi connectivity index (χ1n) is 11.0. The number of carboxylic acid groups (broad SMARTS) is 2. The molecule has 0 radical (unpaired) electrons. The molecular weight excluding hydrogens is 454 g/mol. The van der Waals surface area contributed by atoms with Crippen molar-refractivity contribution in [3.8, 4) is 0 Å². The second kappa shape index (κ2) is 14.1.